The van der Waals surface area contributed by atoms with Gasteiger partial charge in [-0.25, -0.2) is 0 Å². The Labute approximate surface area is 226 Å². The first-order valence-electron chi connectivity index (χ1n) is 14.1. The number of likely N-dealkylation sites (tertiary alicyclic amines) is 1. The number of aromatic hydroxyl groups is 1. The van der Waals surface area contributed by atoms with Gasteiger partial charge in [-0.15, -0.1) is 0 Å². The number of phenolic OH excluding ortho intramolecular Hbond substituents is 1. The molecule has 5 atom stereocenters. The number of primary amides is 1. The molecule has 2 aromatic rings. The molecule has 9 heteroatoms. The SMILES string of the molecule is CC(C)CC(NC(=O)c1cc2c([nH]c1=O)CC13CC4(CN(CC5CC5)C4C1(O)C2)c1ccc(O)cc13)C(N)=O. The molecule has 2 saturated carbocycles. The van der Waals surface area contributed by atoms with Crippen LogP contribution in [0.3, 0.4) is 0 Å². The summed E-state index contributed by atoms with van der Waals surface area (Å²) >= 11 is 0. The van der Waals surface area contributed by atoms with E-state index in [4.69, 9.17) is 5.73 Å². The summed E-state index contributed by atoms with van der Waals surface area (Å²) in [6, 6.07) is 6.24. The van der Waals surface area contributed by atoms with Gasteiger partial charge in [-0.3, -0.25) is 19.3 Å². The molecular weight excluding hydrogens is 496 g/mol. The first-order valence-corrected chi connectivity index (χ1v) is 14.1. The molecule has 1 aromatic heterocycles. The lowest BCUT2D eigenvalue weighted by molar-refractivity contribution is -0.136. The summed E-state index contributed by atoms with van der Waals surface area (Å²) in [6.07, 6.45) is 4.34. The zero-order valence-corrected chi connectivity index (χ0v) is 22.4. The number of hydrogen-bond donors (Lipinski definition) is 5. The largest absolute Gasteiger partial charge is 0.508 e. The summed E-state index contributed by atoms with van der Waals surface area (Å²) in [5, 5.41) is 25.8. The summed E-state index contributed by atoms with van der Waals surface area (Å²) in [7, 11) is 0. The molecule has 6 N–H and O–H groups in total. The minimum absolute atomic E-state index is 0.0507. The highest BCUT2D eigenvalue weighted by molar-refractivity contribution is 5.97. The second-order valence-corrected chi connectivity index (χ2v) is 13.3. The van der Waals surface area contributed by atoms with Gasteiger partial charge in [0.2, 0.25) is 5.91 Å². The van der Waals surface area contributed by atoms with E-state index in [0.29, 0.717) is 25.2 Å². The van der Waals surface area contributed by atoms with Crippen molar-refractivity contribution in [3.63, 3.8) is 0 Å². The second kappa shape index (κ2) is 7.95. The zero-order chi connectivity index (χ0) is 27.5. The van der Waals surface area contributed by atoms with E-state index in [2.05, 4.69) is 15.2 Å². The van der Waals surface area contributed by atoms with E-state index in [1.165, 1.54) is 18.4 Å². The quantitative estimate of drug-likeness (QED) is 0.362. The van der Waals surface area contributed by atoms with Crippen LogP contribution in [-0.2, 0) is 28.5 Å². The van der Waals surface area contributed by atoms with Crippen LogP contribution in [0.5, 0.6) is 5.75 Å². The van der Waals surface area contributed by atoms with Crippen LogP contribution in [0.15, 0.2) is 29.1 Å². The second-order valence-electron chi connectivity index (χ2n) is 13.3. The van der Waals surface area contributed by atoms with Gasteiger partial charge in [-0.2, -0.15) is 0 Å². The Balaban J connectivity index is 1.28. The lowest BCUT2D eigenvalue weighted by Gasteiger charge is -2.62. The molecule has 9 nitrogen and oxygen atoms in total. The van der Waals surface area contributed by atoms with Crippen LogP contribution in [0.2, 0.25) is 0 Å². The van der Waals surface area contributed by atoms with E-state index in [9.17, 15) is 24.6 Å². The minimum atomic E-state index is -1.10. The Morgan fingerprint density at radius 2 is 1.97 bits per heavy atom. The maximum Gasteiger partial charge on any atom is 0.261 e. The number of carbonyl (C=O) groups is 2. The lowest BCUT2D eigenvalue weighted by atomic mass is 9.55. The van der Waals surface area contributed by atoms with Gasteiger partial charge in [0.25, 0.3) is 11.5 Å². The Kier molecular flexibility index (Phi) is 5.06. The number of carbonyl (C=O) groups excluding carboxylic acids is 2. The summed E-state index contributed by atoms with van der Waals surface area (Å²) in [6.45, 7) is 5.73. The number of amides is 2. The van der Waals surface area contributed by atoms with Gasteiger partial charge in [0, 0.05) is 42.5 Å². The number of fused-ring (bicyclic) bond motifs is 3. The number of H-pyrrole nitrogens is 1. The molecule has 2 amide bonds. The molecule has 1 aromatic carbocycles. The Hall–Kier alpha value is -3.17. The van der Waals surface area contributed by atoms with Gasteiger partial charge in [0.15, 0.2) is 0 Å². The van der Waals surface area contributed by atoms with Crippen LogP contribution < -0.4 is 16.6 Å². The van der Waals surface area contributed by atoms with Crippen molar-refractivity contribution in [2.75, 3.05) is 13.1 Å². The van der Waals surface area contributed by atoms with Crippen LogP contribution >= 0.6 is 0 Å². The van der Waals surface area contributed by atoms with Gasteiger partial charge >= 0.3 is 0 Å². The molecule has 39 heavy (non-hydrogen) atoms. The van der Waals surface area contributed by atoms with Crippen molar-refractivity contribution in [1.82, 2.24) is 15.2 Å². The van der Waals surface area contributed by atoms with E-state index >= 15 is 0 Å². The number of aromatic nitrogens is 1. The fourth-order valence-electron chi connectivity index (χ4n) is 8.68. The van der Waals surface area contributed by atoms with Gasteiger partial charge in [-0.05, 0) is 72.4 Å². The standard InChI is InChI=1S/C30H36N4O5/c1-15(2)7-22(24(31)36)32-25(37)19-8-17-10-30(39)27-28(14-34(27)12-16-3-4-16)13-29(30,11-23(17)33-26(19)38)21-9-18(35)5-6-20(21)28/h5-6,8-9,15-16,22,27,35,39H,3-4,7,10-14H2,1-2H3,(H2,31,36)(H,32,37)(H,33,38). The number of rotatable bonds is 7. The Bertz CT molecular complexity index is 1480. The molecule has 7 rings (SSSR count). The molecule has 1 aliphatic heterocycles. The van der Waals surface area contributed by atoms with Crippen molar-refractivity contribution < 1.29 is 19.8 Å². The Morgan fingerprint density at radius 3 is 2.67 bits per heavy atom. The maximum atomic E-state index is 13.2. The fourth-order valence-corrected chi connectivity index (χ4v) is 8.68. The van der Waals surface area contributed by atoms with Crippen LogP contribution in [0.4, 0.5) is 0 Å². The monoisotopic (exact) mass is 532 g/mol. The molecule has 5 aliphatic rings. The third kappa shape index (κ3) is 3.29. The highest BCUT2D eigenvalue weighted by Crippen LogP contribution is 2.73. The molecule has 2 spiro atoms. The number of aromatic amines is 1. The van der Waals surface area contributed by atoms with Crippen LogP contribution in [0.1, 0.15) is 72.3 Å². The van der Waals surface area contributed by atoms with Crippen molar-refractivity contribution >= 4 is 11.8 Å². The van der Waals surface area contributed by atoms with Gasteiger partial charge in [0.1, 0.15) is 17.4 Å². The molecule has 4 aliphatic carbocycles. The third-order valence-electron chi connectivity index (χ3n) is 10.3. The van der Waals surface area contributed by atoms with Crippen LogP contribution in [0, 0.1) is 11.8 Å². The number of benzene rings is 1. The number of pyridine rings is 1. The highest BCUT2D eigenvalue weighted by Gasteiger charge is 2.81. The van der Waals surface area contributed by atoms with Gasteiger partial charge in [-0.1, -0.05) is 19.9 Å². The van der Waals surface area contributed by atoms with E-state index in [1.807, 2.05) is 19.9 Å². The molecule has 206 valence electrons. The summed E-state index contributed by atoms with van der Waals surface area (Å²) < 4.78 is 0. The normalized spacial score (nSPS) is 32.6. The average molecular weight is 533 g/mol. The van der Waals surface area contributed by atoms with Crippen molar-refractivity contribution in [3.8, 4) is 5.75 Å². The van der Waals surface area contributed by atoms with Crippen LogP contribution in [-0.4, -0.2) is 62.7 Å². The third-order valence-corrected chi connectivity index (χ3v) is 10.3. The fraction of sp³-hybridized carbons (Fsp3) is 0.567. The molecular formula is C30H36N4O5. The first-order chi connectivity index (χ1) is 18.5. The number of hydrogen-bond acceptors (Lipinski definition) is 6. The number of nitrogens with two attached hydrogens (primary N) is 1. The van der Waals surface area contributed by atoms with Gasteiger partial charge in [0.05, 0.1) is 11.6 Å². The molecule has 0 radical (unpaired) electrons. The zero-order valence-electron chi connectivity index (χ0n) is 22.4. The number of phenols is 1. The summed E-state index contributed by atoms with van der Waals surface area (Å²) in [5.74, 6) is -0.292. The first kappa shape index (κ1) is 24.8. The van der Waals surface area contributed by atoms with Crippen LogP contribution in [0.25, 0.3) is 0 Å². The van der Waals surface area contributed by atoms with E-state index in [0.717, 1.165) is 36.3 Å². The van der Waals surface area contributed by atoms with Crippen molar-refractivity contribution in [1.29, 1.82) is 0 Å². The van der Waals surface area contributed by atoms with E-state index in [1.54, 1.807) is 18.2 Å². The van der Waals surface area contributed by atoms with Crippen molar-refractivity contribution in [3.05, 3.63) is 62.6 Å². The highest BCUT2D eigenvalue weighted by atomic mass is 16.3. The molecule has 5 unspecified atom stereocenters. The minimum Gasteiger partial charge on any atom is -0.508 e. The van der Waals surface area contributed by atoms with Gasteiger partial charge < -0.3 is 26.2 Å². The Morgan fingerprint density at radius 1 is 1.21 bits per heavy atom. The number of nitrogens with one attached hydrogen (secondary N) is 2. The number of nitrogens with zero attached hydrogens (tertiary/aromatic N) is 1. The molecule has 2 bridgehead atoms. The van der Waals surface area contributed by atoms with E-state index < -0.39 is 34.4 Å². The van der Waals surface area contributed by atoms with Crippen molar-refractivity contribution in [2.24, 2.45) is 17.6 Å². The molecule has 2 heterocycles. The van der Waals surface area contributed by atoms with E-state index in [-0.39, 0.29) is 28.7 Å². The predicted molar refractivity (Wildman–Crippen MR) is 143 cm³/mol. The topological polar surface area (TPSA) is 149 Å². The predicted octanol–water partition coefficient (Wildman–Crippen LogP) is 1.23. The van der Waals surface area contributed by atoms with Crippen molar-refractivity contribution in [2.45, 2.75) is 80.9 Å². The molecule has 1 saturated heterocycles. The lowest BCUT2D eigenvalue weighted by Crippen LogP contribution is -2.75. The average Bonchev–Trinajstić information content (AvgIpc) is 3.58. The number of aliphatic hydroxyl groups is 1. The summed E-state index contributed by atoms with van der Waals surface area (Å²) in [5.41, 5.74) is 6.66. The smallest absolute Gasteiger partial charge is 0.261 e. The summed E-state index contributed by atoms with van der Waals surface area (Å²) in [4.78, 5) is 43.6. The molecule has 3 fully saturated rings. The maximum absolute atomic E-state index is 13.2.